The average Bonchev–Trinajstić information content (AvgIpc) is 3.02. The number of hydrogen-bond acceptors (Lipinski definition) is 5. The van der Waals surface area contributed by atoms with Crippen LogP contribution in [0.25, 0.3) is 0 Å². The maximum Gasteiger partial charge on any atom is 0.410 e. The first-order valence-corrected chi connectivity index (χ1v) is 8.76. The van der Waals surface area contributed by atoms with E-state index in [0.29, 0.717) is 36.6 Å². The molecule has 0 saturated heterocycles. The van der Waals surface area contributed by atoms with E-state index in [1.807, 2.05) is 20.8 Å². The van der Waals surface area contributed by atoms with Gasteiger partial charge in [0.15, 0.2) is 5.82 Å². The van der Waals surface area contributed by atoms with Crippen LogP contribution in [-0.4, -0.2) is 46.4 Å². The van der Waals surface area contributed by atoms with Gasteiger partial charge in [-0.2, -0.15) is 5.10 Å². The van der Waals surface area contributed by atoms with E-state index in [9.17, 15) is 9.59 Å². The number of nitrogens with zero attached hydrogens (tertiary/aromatic N) is 2. The van der Waals surface area contributed by atoms with E-state index in [-0.39, 0.29) is 12.0 Å². The minimum atomic E-state index is -0.558. The molecule has 2 N–H and O–H groups in total. The highest BCUT2D eigenvalue weighted by Crippen LogP contribution is 2.26. The third-order valence-electron chi connectivity index (χ3n) is 4.15. The maximum absolute atomic E-state index is 12.5. The van der Waals surface area contributed by atoms with Crippen molar-refractivity contribution in [2.75, 3.05) is 19.0 Å². The summed E-state index contributed by atoms with van der Waals surface area (Å²) in [6.07, 6.45) is 0.246. The summed E-state index contributed by atoms with van der Waals surface area (Å²) in [5.74, 6) is 0.728. The minimum Gasteiger partial charge on any atom is -0.497 e. The van der Waals surface area contributed by atoms with Crippen LogP contribution in [0, 0.1) is 0 Å². The van der Waals surface area contributed by atoms with E-state index >= 15 is 0 Å². The summed E-state index contributed by atoms with van der Waals surface area (Å²) in [6, 6.07) is 6.87. The van der Waals surface area contributed by atoms with Crippen LogP contribution in [0.3, 0.4) is 0 Å². The predicted octanol–water partition coefficient (Wildman–Crippen LogP) is 2.96. The summed E-state index contributed by atoms with van der Waals surface area (Å²) in [4.78, 5) is 26.5. The zero-order chi connectivity index (χ0) is 19.6. The van der Waals surface area contributed by atoms with E-state index in [1.54, 1.807) is 36.3 Å². The fourth-order valence-corrected chi connectivity index (χ4v) is 2.82. The van der Waals surface area contributed by atoms with Crippen molar-refractivity contribution in [3.05, 3.63) is 41.1 Å². The van der Waals surface area contributed by atoms with E-state index in [1.165, 1.54) is 0 Å². The number of carbonyl (C=O) groups excluding carboxylic acids is 2. The molecule has 8 heteroatoms. The van der Waals surface area contributed by atoms with Gasteiger partial charge in [0.05, 0.1) is 13.7 Å². The van der Waals surface area contributed by atoms with Crippen molar-refractivity contribution in [3.63, 3.8) is 0 Å². The van der Waals surface area contributed by atoms with Gasteiger partial charge in [-0.1, -0.05) is 6.07 Å². The first-order chi connectivity index (χ1) is 12.8. The Morgan fingerprint density at radius 1 is 1.30 bits per heavy atom. The van der Waals surface area contributed by atoms with E-state index in [4.69, 9.17) is 9.47 Å². The maximum atomic E-state index is 12.5. The summed E-state index contributed by atoms with van der Waals surface area (Å²) in [5.41, 5.74) is 1.61. The highest BCUT2D eigenvalue weighted by Gasteiger charge is 2.29. The third-order valence-corrected chi connectivity index (χ3v) is 4.15. The number of benzene rings is 1. The minimum absolute atomic E-state index is 0.294. The van der Waals surface area contributed by atoms with Gasteiger partial charge in [0, 0.05) is 29.8 Å². The molecule has 0 aliphatic carbocycles. The molecule has 0 fully saturated rings. The number of carbonyl (C=O) groups is 2. The second-order valence-corrected chi connectivity index (χ2v) is 7.37. The molecule has 1 aliphatic rings. The van der Waals surface area contributed by atoms with Gasteiger partial charge in [-0.05, 0) is 39.0 Å². The first-order valence-electron chi connectivity index (χ1n) is 8.76. The topological polar surface area (TPSA) is 96.5 Å². The van der Waals surface area contributed by atoms with Gasteiger partial charge in [0.1, 0.15) is 11.4 Å². The number of hydrogen-bond donors (Lipinski definition) is 2. The molecule has 144 valence electrons. The summed E-state index contributed by atoms with van der Waals surface area (Å²) in [5, 5.41) is 9.96. The summed E-state index contributed by atoms with van der Waals surface area (Å²) >= 11 is 0. The van der Waals surface area contributed by atoms with E-state index < -0.39 is 5.60 Å². The number of nitrogens with one attached hydrogen (secondary N) is 2. The van der Waals surface area contributed by atoms with Gasteiger partial charge in [0.25, 0.3) is 5.91 Å². The molecule has 0 bridgehead atoms. The van der Waals surface area contributed by atoms with Crippen LogP contribution in [0.4, 0.5) is 10.6 Å². The van der Waals surface area contributed by atoms with Crippen LogP contribution in [0.15, 0.2) is 24.3 Å². The molecule has 1 aromatic heterocycles. The van der Waals surface area contributed by atoms with Crippen molar-refractivity contribution in [3.8, 4) is 5.75 Å². The summed E-state index contributed by atoms with van der Waals surface area (Å²) in [7, 11) is 1.55. The number of anilines is 1. The number of aromatic amines is 1. The Balaban J connectivity index is 1.74. The second kappa shape index (κ2) is 7.30. The van der Waals surface area contributed by atoms with Crippen LogP contribution < -0.4 is 10.1 Å². The lowest BCUT2D eigenvalue weighted by Gasteiger charge is -2.30. The molecule has 0 radical (unpaired) electrons. The Labute approximate surface area is 157 Å². The Morgan fingerprint density at radius 2 is 2.07 bits per heavy atom. The molecule has 8 nitrogen and oxygen atoms in total. The van der Waals surface area contributed by atoms with Crippen LogP contribution in [0.2, 0.25) is 0 Å². The number of ether oxygens (including phenoxy) is 2. The SMILES string of the molecule is COc1cccc(C(=O)Nc2n[nH]c3c2CN(C(=O)OC(C)(C)C)CC3)c1. The summed E-state index contributed by atoms with van der Waals surface area (Å²) < 4.78 is 10.6. The second-order valence-electron chi connectivity index (χ2n) is 7.37. The van der Waals surface area contributed by atoms with Gasteiger partial charge in [-0.3, -0.25) is 9.89 Å². The highest BCUT2D eigenvalue weighted by molar-refractivity contribution is 6.04. The zero-order valence-corrected chi connectivity index (χ0v) is 16.0. The van der Waals surface area contributed by atoms with Crippen LogP contribution >= 0.6 is 0 Å². The quantitative estimate of drug-likeness (QED) is 0.863. The molecule has 2 aromatic rings. The zero-order valence-electron chi connectivity index (χ0n) is 16.0. The Hall–Kier alpha value is -3.03. The van der Waals surface area contributed by atoms with Gasteiger partial charge >= 0.3 is 6.09 Å². The molecule has 0 unspecified atom stereocenters. The first kappa shape index (κ1) is 18.8. The number of fused-ring (bicyclic) bond motifs is 1. The molecule has 2 heterocycles. The number of aromatic nitrogens is 2. The summed E-state index contributed by atoms with van der Waals surface area (Å²) in [6.45, 7) is 6.36. The smallest absolute Gasteiger partial charge is 0.410 e. The van der Waals surface area contributed by atoms with Crippen LogP contribution in [0.1, 0.15) is 42.4 Å². The molecule has 0 saturated carbocycles. The molecule has 0 spiro atoms. The standard InChI is InChI=1S/C19H24N4O4/c1-19(2,3)27-18(25)23-9-8-15-14(11-23)16(22-21-15)20-17(24)12-6-5-7-13(10-12)26-4/h5-7,10H,8-9,11H2,1-4H3,(H2,20,21,22,24). The predicted molar refractivity (Wildman–Crippen MR) is 99.9 cm³/mol. The lowest BCUT2D eigenvalue weighted by Crippen LogP contribution is -2.40. The normalized spacial score (nSPS) is 13.7. The van der Waals surface area contributed by atoms with Gasteiger partial charge in [0.2, 0.25) is 0 Å². The van der Waals surface area contributed by atoms with E-state index in [0.717, 1.165) is 11.3 Å². The molecule has 2 amide bonds. The Bertz CT molecular complexity index is 854. The van der Waals surface area contributed by atoms with Crippen molar-refractivity contribution >= 4 is 17.8 Å². The molecular weight excluding hydrogens is 348 g/mol. The van der Waals surface area contributed by atoms with Crippen molar-refractivity contribution in [2.24, 2.45) is 0 Å². The number of H-pyrrole nitrogens is 1. The highest BCUT2D eigenvalue weighted by atomic mass is 16.6. The van der Waals surface area contributed by atoms with Crippen molar-refractivity contribution in [1.82, 2.24) is 15.1 Å². The fraction of sp³-hybridized carbons (Fsp3) is 0.421. The molecule has 3 rings (SSSR count). The lowest BCUT2D eigenvalue weighted by molar-refractivity contribution is 0.0224. The molecule has 1 aliphatic heterocycles. The fourth-order valence-electron chi connectivity index (χ4n) is 2.82. The average molecular weight is 372 g/mol. The van der Waals surface area contributed by atoms with Crippen molar-refractivity contribution in [1.29, 1.82) is 0 Å². The van der Waals surface area contributed by atoms with Crippen molar-refractivity contribution in [2.45, 2.75) is 39.3 Å². The van der Waals surface area contributed by atoms with Gasteiger partial charge < -0.3 is 19.7 Å². The lowest BCUT2D eigenvalue weighted by atomic mass is 10.1. The molecule has 1 aromatic carbocycles. The van der Waals surface area contributed by atoms with Gasteiger partial charge in [-0.15, -0.1) is 0 Å². The van der Waals surface area contributed by atoms with Crippen molar-refractivity contribution < 1.29 is 19.1 Å². The third kappa shape index (κ3) is 4.39. The number of amides is 2. The van der Waals surface area contributed by atoms with Crippen LogP contribution in [0.5, 0.6) is 5.75 Å². The monoisotopic (exact) mass is 372 g/mol. The molecular formula is C19H24N4O4. The number of methoxy groups -OCH3 is 1. The molecule has 27 heavy (non-hydrogen) atoms. The van der Waals surface area contributed by atoms with E-state index in [2.05, 4.69) is 15.5 Å². The largest absolute Gasteiger partial charge is 0.497 e. The Kier molecular flexibility index (Phi) is 5.07. The number of rotatable bonds is 3. The molecule has 0 atom stereocenters. The van der Waals surface area contributed by atoms with Gasteiger partial charge in [-0.25, -0.2) is 4.79 Å². The van der Waals surface area contributed by atoms with Crippen LogP contribution in [-0.2, 0) is 17.7 Å². The Morgan fingerprint density at radius 3 is 2.78 bits per heavy atom.